The van der Waals surface area contributed by atoms with Gasteiger partial charge >= 0.3 is 0 Å². The molecule has 1 heterocycles. The number of rotatable bonds is 4. The van der Waals surface area contributed by atoms with Gasteiger partial charge in [-0.15, -0.1) is 11.6 Å². The molecule has 0 bridgehead atoms. The fraction of sp³-hybridized carbons (Fsp3) is 0.889. The molecule has 0 aromatic rings. The summed E-state index contributed by atoms with van der Waals surface area (Å²) >= 11 is 7.49. The zero-order chi connectivity index (χ0) is 9.68. The molecule has 76 valence electrons. The molecule has 0 N–H and O–H groups in total. The van der Waals surface area contributed by atoms with Gasteiger partial charge < -0.3 is 4.90 Å². The SMILES string of the molecule is CCN(C(=O)CCCl)C1CCSC1. The fourth-order valence-corrected chi connectivity index (χ4v) is 3.02. The van der Waals surface area contributed by atoms with E-state index in [0.717, 1.165) is 18.7 Å². The molecular weight excluding hydrogens is 206 g/mol. The summed E-state index contributed by atoms with van der Waals surface area (Å²) < 4.78 is 0. The lowest BCUT2D eigenvalue weighted by molar-refractivity contribution is -0.132. The molecule has 1 rings (SSSR count). The summed E-state index contributed by atoms with van der Waals surface area (Å²) in [5, 5.41) is 0. The number of carbonyl (C=O) groups is 1. The highest BCUT2D eigenvalue weighted by Gasteiger charge is 2.24. The maximum atomic E-state index is 11.6. The number of nitrogens with zero attached hydrogens (tertiary/aromatic N) is 1. The molecule has 4 heteroatoms. The van der Waals surface area contributed by atoms with Gasteiger partial charge in [0.25, 0.3) is 0 Å². The predicted octanol–water partition coefficient (Wildman–Crippen LogP) is 1.97. The van der Waals surface area contributed by atoms with Crippen LogP contribution in [0.3, 0.4) is 0 Å². The van der Waals surface area contributed by atoms with Crippen molar-refractivity contribution in [3.63, 3.8) is 0 Å². The molecule has 2 nitrogen and oxygen atoms in total. The first-order valence-electron chi connectivity index (χ1n) is 4.72. The van der Waals surface area contributed by atoms with E-state index in [1.54, 1.807) is 0 Å². The van der Waals surface area contributed by atoms with Gasteiger partial charge in [-0.3, -0.25) is 4.79 Å². The number of hydrogen-bond acceptors (Lipinski definition) is 2. The summed E-state index contributed by atoms with van der Waals surface area (Å²) in [7, 11) is 0. The number of hydrogen-bond donors (Lipinski definition) is 0. The van der Waals surface area contributed by atoms with Crippen molar-refractivity contribution in [1.29, 1.82) is 0 Å². The van der Waals surface area contributed by atoms with E-state index in [1.165, 1.54) is 5.75 Å². The molecule has 0 radical (unpaired) electrons. The van der Waals surface area contributed by atoms with Crippen LogP contribution in [0.4, 0.5) is 0 Å². The number of alkyl halides is 1. The molecule has 0 aliphatic carbocycles. The van der Waals surface area contributed by atoms with Crippen LogP contribution >= 0.6 is 23.4 Å². The lowest BCUT2D eigenvalue weighted by Gasteiger charge is -2.26. The first kappa shape index (κ1) is 11.2. The van der Waals surface area contributed by atoms with Crippen molar-refractivity contribution in [1.82, 2.24) is 4.90 Å². The van der Waals surface area contributed by atoms with Gasteiger partial charge in [0, 0.05) is 30.6 Å². The normalized spacial score (nSPS) is 21.8. The quantitative estimate of drug-likeness (QED) is 0.677. The molecule has 1 saturated heterocycles. The lowest BCUT2D eigenvalue weighted by atomic mass is 10.2. The van der Waals surface area contributed by atoms with Gasteiger partial charge in [-0.2, -0.15) is 11.8 Å². The van der Waals surface area contributed by atoms with Crippen molar-refractivity contribution >= 4 is 29.3 Å². The Kier molecular flexibility index (Phi) is 4.96. The van der Waals surface area contributed by atoms with E-state index < -0.39 is 0 Å². The van der Waals surface area contributed by atoms with Crippen LogP contribution in [0.2, 0.25) is 0 Å². The number of amides is 1. The zero-order valence-electron chi connectivity index (χ0n) is 7.96. The van der Waals surface area contributed by atoms with Crippen molar-refractivity contribution in [2.75, 3.05) is 23.9 Å². The Bertz CT molecular complexity index is 171. The molecule has 1 atom stereocenters. The highest BCUT2D eigenvalue weighted by atomic mass is 35.5. The third-order valence-electron chi connectivity index (χ3n) is 2.32. The zero-order valence-corrected chi connectivity index (χ0v) is 9.53. The minimum absolute atomic E-state index is 0.213. The predicted molar refractivity (Wildman–Crippen MR) is 58.5 cm³/mol. The Morgan fingerprint density at radius 3 is 2.92 bits per heavy atom. The second kappa shape index (κ2) is 5.76. The van der Waals surface area contributed by atoms with Crippen LogP contribution in [0.5, 0.6) is 0 Å². The van der Waals surface area contributed by atoms with Gasteiger partial charge in [0.1, 0.15) is 0 Å². The lowest BCUT2D eigenvalue weighted by Crippen LogP contribution is -2.40. The summed E-state index contributed by atoms with van der Waals surface area (Å²) in [5.41, 5.74) is 0. The molecule has 0 spiro atoms. The van der Waals surface area contributed by atoms with Crippen molar-refractivity contribution in [3.05, 3.63) is 0 Å². The molecule has 1 unspecified atom stereocenters. The summed E-state index contributed by atoms with van der Waals surface area (Å²) in [6.07, 6.45) is 1.63. The van der Waals surface area contributed by atoms with Crippen LogP contribution in [0.1, 0.15) is 19.8 Å². The van der Waals surface area contributed by atoms with Crippen LogP contribution in [-0.4, -0.2) is 40.8 Å². The second-order valence-corrected chi connectivity index (χ2v) is 4.66. The van der Waals surface area contributed by atoms with Gasteiger partial charge in [-0.25, -0.2) is 0 Å². The van der Waals surface area contributed by atoms with Crippen molar-refractivity contribution in [3.8, 4) is 0 Å². The van der Waals surface area contributed by atoms with E-state index in [0.29, 0.717) is 18.3 Å². The monoisotopic (exact) mass is 221 g/mol. The van der Waals surface area contributed by atoms with Crippen LogP contribution in [0, 0.1) is 0 Å². The van der Waals surface area contributed by atoms with Crippen LogP contribution in [0.15, 0.2) is 0 Å². The van der Waals surface area contributed by atoms with Crippen molar-refractivity contribution < 1.29 is 4.79 Å². The minimum Gasteiger partial charge on any atom is -0.339 e. The first-order valence-corrected chi connectivity index (χ1v) is 6.41. The van der Waals surface area contributed by atoms with Crippen LogP contribution in [-0.2, 0) is 4.79 Å². The Labute approximate surface area is 89.0 Å². The van der Waals surface area contributed by atoms with E-state index in [2.05, 4.69) is 0 Å². The van der Waals surface area contributed by atoms with Gasteiger partial charge in [0.05, 0.1) is 0 Å². The summed E-state index contributed by atoms with van der Waals surface area (Å²) in [6, 6.07) is 0.464. The van der Waals surface area contributed by atoms with E-state index in [4.69, 9.17) is 11.6 Å². The minimum atomic E-state index is 0.213. The summed E-state index contributed by atoms with van der Waals surface area (Å²) in [5.74, 6) is 2.94. The van der Waals surface area contributed by atoms with E-state index >= 15 is 0 Å². The largest absolute Gasteiger partial charge is 0.339 e. The van der Waals surface area contributed by atoms with Crippen LogP contribution < -0.4 is 0 Å². The van der Waals surface area contributed by atoms with Gasteiger partial charge in [-0.05, 0) is 19.1 Å². The first-order chi connectivity index (χ1) is 6.29. The number of carbonyl (C=O) groups excluding carboxylic acids is 1. The molecule has 1 aliphatic rings. The maximum absolute atomic E-state index is 11.6. The third-order valence-corrected chi connectivity index (χ3v) is 3.65. The highest BCUT2D eigenvalue weighted by molar-refractivity contribution is 7.99. The van der Waals surface area contributed by atoms with Gasteiger partial charge in [-0.1, -0.05) is 0 Å². The van der Waals surface area contributed by atoms with E-state index in [1.807, 2.05) is 23.6 Å². The van der Waals surface area contributed by atoms with Gasteiger partial charge in [0.2, 0.25) is 5.91 Å². The Hall–Kier alpha value is 0.110. The van der Waals surface area contributed by atoms with Crippen LogP contribution in [0.25, 0.3) is 0 Å². The Morgan fingerprint density at radius 1 is 1.69 bits per heavy atom. The number of halogens is 1. The average molecular weight is 222 g/mol. The third kappa shape index (κ3) is 3.06. The topological polar surface area (TPSA) is 20.3 Å². The molecule has 1 aliphatic heterocycles. The van der Waals surface area contributed by atoms with Crippen molar-refractivity contribution in [2.45, 2.75) is 25.8 Å². The number of thioether (sulfide) groups is 1. The molecule has 1 fully saturated rings. The van der Waals surface area contributed by atoms with E-state index in [9.17, 15) is 4.79 Å². The molecule has 1 amide bonds. The molecule has 13 heavy (non-hydrogen) atoms. The summed E-state index contributed by atoms with van der Waals surface area (Å²) in [4.78, 5) is 13.6. The fourth-order valence-electron chi connectivity index (χ4n) is 1.63. The Balaban J connectivity index is 2.44. The standard InChI is InChI=1S/C9H16ClNOS/c1-2-11(9(12)3-5-10)8-4-6-13-7-8/h8H,2-7H2,1H3. The van der Waals surface area contributed by atoms with Crippen molar-refractivity contribution in [2.24, 2.45) is 0 Å². The average Bonchev–Trinajstić information content (AvgIpc) is 2.59. The Morgan fingerprint density at radius 2 is 2.46 bits per heavy atom. The smallest absolute Gasteiger partial charge is 0.224 e. The highest BCUT2D eigenvalue weighted by Crippen LogP contribution is 2.22. The molecular formula is C9H16ClNOS. The summed E-state index contributed by atoms with van der Waals surface area (Å²) in [6.45, 7) is 2.86. The molecule has 0 aromatic carbocycles. The van der Waals surface area contributed by atoms with Gasteiger partial charge in [0.15, 0.2) is 0 Å². The molecule has 0 saturated carbocycles. The molecule has 0 aromatic heterocycles. The van der Waals surface area contributed by atoms with E-state index in [-0.39, 0.29) is 5.91 Å². The second-order valence-electron chi connectivity index (χ2n) is 3.14. The maximum Gasteiger partial charge on any atom is 0.224 e.